The molecule has 9 nitrogen and oxygen atoms in total. The van der Waals surface area contributed by atoms with E-state index in [0.29, 0.717) is 28.9 Å². The Morgan fingerprint density at radius 2 is 1.96 bits per heavy atom. The van der Waals surface area contributed by atoms with Gasteiger partial charge in [-0.25, -0.2) is 9.78 Å². The number of methoxy groups -OCH3 is 2. The molecule has 1 heterocycles. The van der Waals surface area contributed by atoms with Crippen LogP contribution >= 0.6 is 11.3 Å². The van der Waals surface area contributed by atoms with Crippen molar-refractivity contribution >= 4 is 34.3 Å². The predicted molar refractivity (Wildman–Crippen MR) is 101 cm³/mol. The Morgan fingerprint density at radius 1 is 1.18 bits per heavy atom. The molecular weight excluding hydrogens is 388 g/mol. The summed E-state index contributed by atoms with van der Waals surface area (Å²) < 4.78 is 20.1. The zero-order chi connectivity index (χ0) is 20.5. The topological polar surface area (TPSA) is 113 Å². The van der Waals surface area contributed by atoms with E-state index in [9.17, 15) is 14.4 Å². The maximum Gasteiger partial charge on any atom is 0.338 e. The maximum atomic E-state index is 12.2. The molecule has 2 rings (SSSR count). The van der Waals surface area contributed by atoms with Gasteiger partial charge in [-0.05, 0) is 25.1 Å². The van der Waals surface area contributed by atoms with E-state index in [1.54, 1.807) is 11.4 Å². The summed E-state index contributed by atoms with van der Waals surface area (Å²) in [6, 6.07) is 4.59. The minimum Gasteiger partial charge on any atom is -0.493 e. The van der Waals surface area contributed by atoms with Crippen molar-refractivity contribution in [1.29, 1.82) is 0 Å². The minimum absolute atomic E-state index is 0.0114. The van der Waals surface area contributed by atoms with Gasteiger partial charge in [-0.2, -0.15) is 0 Å². The highest BCUT2D eigenvalue weighted by molar-refractivity contribution is 7.13. The fourth-order valence-electron chi connectivity index (χ4n) is 2.11. The molecule has 28 heavy (non-hydrogen) atoms. The van der Waals surface area contributed by atoms with Gasteiger partial charge in [-0.3, -0.25) is 14.9 Å². The number of thiazole rings is 1. The molecule has 0 saturated carbocycles. The third kappa shape index (κ3) is 5.95. The number of ether oxygens (including phenoxy) is 4. The summed E-state index contributed by atoms with van der Waals surface area (Å²) in [7, 11) is 2.78. The van der Waals surface area contributed by atoms with Gasteiger partial charge >= 0.3 is 11.9 Å². The molecule has 10 heteroatoms. The largest absolute Gasteiger partial charge is 0.493 e. The van der Waals surface area contributed by atoms with E-state index in [0.717, 1.165) is 11.3 Å². The molecule has 0 aliphatic carbocycles. The summed E-state index contributed by atoms with van der Waals surface area (Å²) in [5, 5.41) is 4.43. The number of esters is 2. The average molecular weight is 408 g/mol. The third-order valence-electron chi connectivity index (χ3n) is 3.38. The van der Waals surface area contributed by atoms with E-state index < -0.39 is 24.5 Å². The van der Waals surface area contributed by atoms with Crippen LogP contribution in [0.15, 0.2) is 23.6 Å². The molecule has 150 valence electrons. The van der Waals surface area contributed by atoms with Crippen LogP contribution in [0.5, 0.6) is 11.5 Å². The second kappa shape index (κ2) is 10.3. The van der Waals surface area contributed by atoms with Gasteiger partial charge in [0, 0.05) is 5.38 Å². The highest BCUT2D eigenvalue weighted by Crippen LogP contribution is 2.28. The van der Waals surface area contributed by atoms with Crippen LogP contribution in [0, 0.1) is 0 Å². The zero-order valence-electron chi connectivity index (χ0n) is 15.6. The first kappa shape index (κ1) is 21.2. The zero-order valence-corrected chi connectivity index (χ0v) is 16.5. The summed E-state index contributed by atoms with van der Waals surface area (Å²) in [6.45, 7) is 1.73. The Hall–Kier alpha value is -3.14. The van der Waals surface area contributed by atoms with Gasteiger partial charge in [-0.15, -0.1) is 11.3 Å². The molecule has 0 aliphatic heterocycles. The van der Waals surface area contributed by atoms with Crippen molar-refractivity contribution in [3.05, 3.63) is 34.8 Å². The molecule has 0 spiro atoms. The summed E-state index contributed by atoms with van der Waals surface area (Å²) in [5.41, 5.74) is 0.706. The maximum absolute atomic E-state index is 12.2. The molecule has 1 aromatic carbocycles. The van der Waals surface area contributed by atoms with Crippen LogP contribution in [-0.4, -0.2) is 50.3 Å². The van der Waals surface area contributed by atoms with Gasteiger partial charge < -0.3 is 18.9 Å². The van der Waals surface area contributed by atoms with Gasteiger partial charge in [0.2, 0.25) is 0 Å². The Kier molecular flexibility index (Phi) is 7.76. The monoisotopic (exact) mass is 408 g/mol. The fraction of sp³-hybridized carbons (Fsp3) is 0.333. The molecule has 0 atom stereocenters. The van der Waals surface area contributed by atoms with Crippen molar-refractivity contribution in [2.75, 3.05) is 32.8 Å². The number of carbonyl (C=O) groups excluding carboxylic acids is 3. The van der Waals surface area contributed by atoms with Crippen LogP contribution in [0.2, 0.25) is 0 Å². The smallest absolute Gasteiger partial charge is 0.338 e. The number of hydrogen-bond acceptors (Lipinski definition) is 9. The number of rotatable bonds is 9. The minimum atomic E-state index is -0.677. The number of aromatic nitrogens is 1. The lowest BCUT2D eigenvalue weighted by atomic mass is 10.2. The average Bonchev–Trinajstić information content (AvgIpc) is 3.12. The fourth-order valence-corrected chi connectivity index (χ4v) is 2.83. The van der Waals surface area contributed by atoms with Crippen molar-refractivity contribution in [3.8, 4) is 11.5 Å². The normalized spacial score (nSPS) is 10.1. The molecule has 1 amide bonds. The summed E-state index contributed by atoms with van der Waals surface area (Å²) in [4.78, 5) is 39.4. The Morgan fingerprint density at radius 3 is 2.64 bits per heavy atom. The number of hydrogen-bond donors (Lipinski definition) is 1. The van der Waals surface area contributed by atoms with Crippen molar-refractivity contribution in [2.24, 2.45) is 0 Å². The van der Waals surface area contributed by atoms with E-state index in [-0.39, 0.29) is 12.0 Å². The predicted octanol–water partition coefficient (Wildman–Crippen LogP) is 2.06. The highest BCUT2D eigenvalue weighted by Gasteiger charge is 2.15. The number of amides is 1. The van der Waals surface area contributed by atoms with Gasteiger partial charge in [-0.1, -0.05) is 0 Å². The van der Waals surface area contributed by atoms with Crippen molar-refractivity contribution < 1.29 is 33.3 Å². The number of nitrogens with one attached hydrogen (secondary N) is 1. The van der Waals surface area contributed by atoms with Crippen LogP contribution in [0.1, 0.15) is 23.0 Å². The van der Waals surface area contributed by atoms with Crippen LogP contribution in [0.4, 0.5) is 5.13 Å². The summed E-state index contributed by atoms with van der Waals surface area (Å²) in [6.07, 6.45) is 0.0114. The van der Waals surface area contributed by atoms with Crippen LogP contribution < -0.4 is 14.8 Å². The Labute approximate surface area is 165 Å². The molecule has 1 N–H and O–H groups in total. The van der Waals surface area contributed by atoms with Crippen LogP contribution in [0.3, 0.4) is 0 Å². The number of carbonyl (C=O) groups is 3. The van der Waals surface area contributed by atoms with Crippen molar-refractivity contribution in [3.63, 3.8) is 0 Å². The van der Waals surface area contributed by atoms with E-state index in [1.165, 1.54) is 26.4 Å². The number of anilines is 1. The second-order valence-corrected chi connectivity index (χ2v) is 6.18. The lowest BCUT2D eigenvalue weighted by molar-refractivity contribution is -0.139. The van der Waals surface area contributed by atoms with E-state index >= 15 is 0 Å². The Bertz CT molecular complexity index is 850. The quantitative estimate of drug-likeness (QED) is 0.628. The second-order valence-electron chi connectivity index (χ2n) is 5.32. The van der Waals surface area contributed by atoms with Gasteiger partial charge in [0.25, 0.3) is 5.91 Å². The van der Waals surface area contributed by atoms with Crippen molar-refractivity contribution in [1.82, 2.24) is 4.98 Å². The standard InChI is InChI=1S/C18H20N2O7S/c1-4-26-14-7-11(5-6-13(14)24-2)17(23)27-9-15(21)20-18-19-12(10-28-18)8-16(22)25-3/h5-7,10H,4,8-9H2,1-3H3,(H,19,20,21). The number of benzene rings is 1. The summed E-state index contributed by atoms with van der Waals surface area (Å²) >= 11 is 1.15. The first-order valence-electron chi connectivity index (χ1n) is 8.25. The lowest BCUT2D eigenvalue weighted by Crippen LogP contribution is -2.21. The third-order valence-corrected chi connectivity index (χ3v) is 4.19. The van der Waals surface area contributed by atoms with Gasteiger partial charge in [0.05, 0.1) is 38.5 Å². The van der Waals surface area contributed by atoms with Crippen LogP contribution in [-0.2, 0) is 25.5 Å². The first-order valence-corrected chi connectivity index (χ1v) is 9.13. The molecule has 0 fully saturated rings. The highest BCUT2D eigenvalue weighted by atomic mass is 32.1. The lowest BCUT2D eigenvalue weighted by Gasteiger charge is -2.11. The molecule has 0 radical (unpaired) electrons. The van der Waals surface area contributed by atoms with Crippen LogP contribution in [0.25, 0.3) is 0 Å². The molecule has 0 bridgehead atoms. The molecule has 2 aromatic rings. The Balaban J connectivity index is 1.89. The molecule has 0 unspecified atom stereocenters. The van der Waals surface area contributed by atoms with E-state index in [1.807, 2.05) is 6.92 Å². The van der Waals surface area contributed by atoms with E-state index in [2.05, 4.69) is 15.0 Å². The molecule has 0 saturated heterocycles. The summed E-state index contributed by atoms with van der Waals surface area (Å²) in [5.74, 6) is -0.759. The SMILES string of the molecule is CCOc1cc(C(=O)OCC(=O)Nc2nc(CC(=O)OC)cs2)ccc1OC. The molecular formula is C18H20N2O7S. The van der Waals surface area contributed by atoms with Gasteiger partial charge in [0.1, 0.15) is 0 Å². The first-order chi connectivity index (χ1) is 13.5. The molecule has 1 aromatic heterocycles. The van der Waals surface area contributed by atoms with E-state index in [4.69, 9.17) is 14.2 Å². The molecule has 0 aliphatic rings. The van der Waals surface area contributed by atoms with Crippen molar-refractivity contribution in [2.45, 2.75) is 13.3 Å². The number of nitrogens with zero attached hydrogens (tertiary/aromatic N) is 1. The van der Waals surface area contributed by atoms with Gasteiger partial charge in [0.15, 0.2) is 23.2 Å².